The first-order valence-corrected chi connectivity index (χ1v) is 7.95. The Morgan fingerprint density at radius 3 is 2.55 bits per heavy atom. The highest BCUT2D eigenvalue weighted by Gasteiger charge is 2.36. The standard InChI is InChI=1S/C13H13NO5S.C2H6/c1-6(2)5-20-8-4-7(15)12-9(11(8)16)10(14-19-12)13(17)18-3;1-2/h4,6H,5H2,1-3H3;1-2H3. The molecule has 0 aliphatic heterocycles. The summed E-state index contributed by atoms with van der Waals surface area (Å²) in [6.45, 7) is 8.01. The maximum absolute atomic E-state index is 12.3. The predicted molar refractivity (Wildman–Crippen MR) is 83.2 cm³/mol. The summed E-state index contributed by atoms with van der Waals surface area (Å²) in [7, 11) is 1.17. The van der Waals surface area contributed by atoms with Crippen LogP contribution >= 0.6 is 11.8 Å². The first kappa shape index (κ1) is 18.2. The topological polar surface area (TPSA) is 86.5 Å². The van der Waals surface area contributed by atoms with Gasteiger partial charge in [0.25, 0.3) is 0 Å². The van der Waals surface area contributed by atoms with E-state index in [-0.39, 0.29) is 17.0 Å². The summed E-state index contributed by atoms with van der Waals surface area (Å²) in [6.07, 6.45) is 1.23. The average Bonchev–Trinajstić information content (AvgIpc) is 2.96. The van der Waals surface area contributed by atoms with Crippen LogP contribution in [0.1, 0.15) is 59.1 Å². The number of ketones is 2. The Morgan fingerprint density at radius 2 is 2.00 bits per heavy atom. The summed E-state index contributed by atoms with van der Waals surface area (Å²) < 4.78 is 9.32. The predicted octanol–water partition coefficient (Wildman–Crippen LogP) is 3.14. The lowest BCUT2D eigenvalue weighted by Gasteiger charge is -2.11. The number of esters is 1. The van der Waals surface area contributed by atoms with Crippen molar-refractivity contribution in [2.45, 2.75) is 27.7 Å². The van der Waals surface area contributed by atoms with Crippen LogP contribution < -0.4 is 0 Å². The smallest absolute Gasteiger partial charge is 0.361 e. The van der Waals surface area contributed by atoms with Crippen molar-refractivity contribution < 1.29 is 23.6 Å². The molecule has 0 N–H and O–H groups in total. The van der Waals surface area contributed by atoms with E-state index in [1.54, 1.807) is 0 Å². The van der Waals surface area contributed by atoms with E-state index in [2.05, 4.69) is 9.89 Å². The molecule has 0 unspecified atom stereocenters. The number of hydrogen-bond acceptors (Lipinski definition) is 7. The number of Topliss-reactive ketones (excluding diaryl/α,β-unsaturated/α-hetero) is 1. The van der Waals surface area contributed by atoms with Crippen LogP contribution in [0, 0.1) is 5.92 Å². The summed E-state index contributed by atoms with van der Waals surface area (Å²) in [4.78, 5) is 36.0. The van der Waals surface area contributed by atoms with Crippen molar-refractivity contribution in [3.05, 3.63) is 28.0 Å². The molecule has 0 aromatic carbocycles. The van der Waals surface area contributed by atoms with Gasteiger partial charge in [0.2, 0.25) is 23.0 Å². The van der Waals surface area contributed by atoms with Gasteiger partial charge in [-0.2, -0.15) is 0 Å². The van der Waals surface area contributed by atoms with Gasteiger partial charge in [0.05, 0.1) is 12.0 Å². The molecule has 1 aromatic heterocycles. The molecule has 0 spiro atoms. The fourth-order valence-electron chi connectivity index (χ4n) is 1.64. The van der Waals surface area contributed by atoms with Gasteiger partial charge in [-0.15, -0.1) is 11.8 Å². The number of ether oxygens (including phenoxy) is 1. The van der Waals surface area contributed by atoms with Gasteiger partial charge < -0.3 is 9.26 Å². The molecule has 2 rings (SSSR count). The van der Waals surface area contributed by atoms with E-state index in [9.17, 15) is 14.4 Å². The summed E-state index contributed by atoms with van der Waals surface area (Å²) in [5, 5.41) is 3.47. The van der Waals surface area contributed by atoms with Crippen LogP contribution in [0.5, 0.6) is 0 Å². The van der Waals surface area contributed by atoms with Crippen molar-refractivity contribution in [2.24, 2.45) is 5.92 Å². The molecule has 0 fully saturated rings. The van der Waals surface area contributed by atoms with E-state index < -0.39 is 17.5 Å². The molecule has 7 heteroatoms. The van der Waals surface area contributed by atoms with Crippen molar-refractivity contribution in [2.75, 3.05) is 12.9 Å². The molecule has 1 aromatic rings. The van der Waals surface area contributed by atoms with Gasteiger partial charge in [-0.3, -0.25) is 9.59 Å². The van der Waals surface area contributed by atoms with Gasteiger partial charge in [-0.25, -0.2) is 4.79 Å². The van der Waals surface area contributed by atoms with E-state index in [1.165, 1.54) is 24.9 Å². The van der Waals surface area contributed by atoms with Crippen molar-refractivity contribution in [1.82, 2.24) is 5.16 Å². The lowest BCUT2D eigenvalue weighted by Crippen LogP contribution is -2.18. The number of nitrogens with zero attached hydrogens (tertiary/aromatic N) is 1. The quantitative estimate of drug-likeness (QED) is 0.786. The van der Waals surface area contributed by atoms with Crippen LogP contribution in [0.2, 0.25) is 0 Å². The Hall–Kier alpha value is -1.89. The van der Waals surface area contributed by atoms with E-state index >= 15 is 0 Å². The number of methoxy groups -OCH3 is 1. The van der Waals surface area contributed by atoms with Crippen molar-refractivity contribution in [3.8, 4) is 0 Å². The van der Waals surface area contributed by atoms with Crippen molar-refractivity contribution in [3.63, 3.8) is 0 Å². The monoisotopic (exact) mass is 325 g/mol. The second-order valence-corrected chi connectivity index (χ2v) is 5.70. The molecule has 0 saturated carbocycles. The first-order valence-electron chi connectivity index (χ1n) is 6.97. The van der Waals surface area contributed by atoms with Crippen LogP contribution in [0.25, 0.3) is 0 Å². The second-order valence-electron chi connectivity index (χ2n) is 4.63. The first-order chi connectivity index (χ1) is 10.5. The minimum Gasteiger partial charge on any atom is -0.464 e. The molecule has 1 aliphatic carbocycles. The normalized spacial score (nSPS) is 13.3. The molecular weight excluding hydrogens is 306 g/mol. The largest absolute Gasteiger partial charge is 0.464 e. The van der Waals surface area contributed by atoms with Crippen LogP contribution in [-0.4, -0.2) is 35.6 Å². The SMILES string of the molecule is CC.COC(=O)c1noc2c1C(=O)C(SCC(C)C)=CC2=O. The molecule has 0 saturated heterocycles. The molecular formula is C15H19NO5S. The third kappa shape index (κ3) is 3.65. The summed E-state index contributed by atoms with van der Waals surface area (Å²) in [6, 6.07) is 0. The zero-order valence-corrected chi connectivity index (χ0v) is 14.1. The fraction of sp³-hybridized carbons (Fsp3) is 0.467. The maximum atomic E-state index is 12.3. The third-order valence-corrected chi connectivity index (χ3v) is 4.03. The van der Waals surface area contributed by atoms with Gasteiger partial charge in [0, 0.05) is 11.8 Å². The summed E-state index contributed by atoms with van der Waals surface area (Å²) >= 11 is 1.28. The molecule has 0 atom stereocenters. The molecule has 6 nitrogen and oxygen atoms in total. The highest BCUT2D eigenvalue weighted by atomic mass is 32.2. The molecule has 22 heavy (non-hydrogen) atoms. The van der Waals surface area contributed by atoms with Crippen LogP contribution in [-0.2, 0) is 4.74 Å². The summed E-state index contributed by atoms with van der Waals surface area (Å²) in [5.41, 5.74) is -0.354. The minimum absolute atomic E-state index is 0.101. The molecule has 120 valence electrons. The van der Waals surface area contributed by atoms with Gasteiger partial charge in [0.15, 0.2) is 0 Å². The Balaban J connectivity index is 0.00000116. The third-order valence-electron chi connectivity index (χ3n) is 2.58. The summed E-state index contributed by atoms with van der Waals surface area (Å²) in [5.74, 6) is -0.831. The van der Waals surface area contributed by atoms with Crippen molar-refractivity contribution >= 4 is 29.3 Å². The van der Waals surface area contributed by atoms with Crippen LogP contribution in [0.4, 0.5) is 0 Å². The van der Waals surface area contributed by atoms with Gasteiger partial charge in [-0.05, 0) is 5.92 Å². The number of allylic oxidation sites excluding steroid dienone is 2. The van der Waals surface area contributed by atoms with Gasteiger partial charge >= 0.3 is 5.97 Å². The highest BCUT2D eigenvalue weighted by molar-refractivity contribution is 8.04. The number of rotatable bonds is 4. The van der Waals surface area contributed by atoms with Crippen molar-refractivity contribution in [1.29, 1.82) is 0 Å². The number of thioether (sulfide) groups is 1. The Bertz CT molecular complexity index is 615. The van der Waals surface area contributed by atoms with E-state index in [1.807, 2.05) is 27.7 Å². The van der Waals surface area contributed by atoms with Crippen LogP contribution in [0.3, 0.4) is 0 Å². The number of hydrogen-bond donors (Lipinski definition) is 0. The Labute approximate surface area is 133 Å². The lowest BCUT2D eigenvalue weighted by atomic mass is 10.00. The molecule has 1 heterocycles. The Kier molecular flexibility index (Phi) is 6.55. The zero-order chi connectivity index (χ0) is 16.9. The maximum Gasteiger partial charge on any atom is 0.361 e. The molecule has 0 amide bonds. The highest BCUT2D eigenvalue weighted by Crippen LogP contribution is 2.31. The minimum atomic E-state index is -0.800. The fourth-order valence-corrected chi connectivity index (χ4v) is 2.58. The lowest BCUT2D eigenvalue weighted by molar-refractivity contribution is 0.0586. The van der Waals surface area contributed by atoms with E-state index in [4.69, 9.17) is 4.52 Å². The number of aromatic nitrogens is 1. The average molecular weight is 325 g/mol. The van der Waals surface area contributed by atoms with Gasteiger partial charge in [0.1, 0.15) is 5.56 Å². The molecule has 1 aliphatic rings. The van der Waals surface area contributed by atoms with Gasteiger partial charge in [-0.1, -0.05) is 32.9 Å². The number of carbonyl (C=O) groups is 3. The number of carbonyl (C=O) groups excluding carboxylic acids is 3. The molecule has 0 bridgehead atoms. The number of fused-ring (bicyclic) bond motifs is 1. The van der Waals surface area contributed by atoms with Crippen LogP contribution in [0.15, 0.2) is 15.5 Å². The zero-order valence-electron chi connectivity index (χ0n) is 13.3. The second kappa shape index (κ2) is 7.93. The Morgan fingerprint density at radius 1 is 1.36 bits per heavy atom. The van der Waals surface area contributed by atoms with E-state index in [0.29, 0.717) is 16.6 Å². The molecule has 0 radical (unpaired) electrons. The van der Waals surface area contributed by atoms with E-state index in [0.717, 1.165) is 0 Å².